The molecule has 0 aliphatic carbocycles. The van der Waals surface area contributed by atoms with E-state index in [1.54, 1.807) is 11.8 Å². The van der Waals surface area contributed by atoms with E-state index in [0.717, 1.165) is 52.8 Å². The fourth-order valence-corrected chi connectivity index (χ4v) is 7.09. The summed E-state index contributed by atoms with van der Waals surface area (Å²) in [6, 6.07) is 14.1. The van der Waals surface area contributed by atoms with Crippen molar-refractivity contribution in [1.29, 1.82) is 0 Å². The largest absolute Gasteiger partial charge is 0.507 e. The minimum absolute atomic E-state index is 0.256. The average Bonchev–Trinajstić information content (AvgIpc) is 3.19. The molecule has 0 saturated heterocycles. The van der Waals surface area contributed by atoms with Crippen molar-refractivity contribution < 1.29 is 10.9 Å². The normalized spacial score (nSPS) is 14.7. The number of aromatic hydroxyl groups is 1. The summed E-state index contributed by atoms with van der Waals surface area (Å²) >= 11 is 1.76. The molecule has 0 radical (unpaired) electrons. The Morgan fingerprint density at radius 1 is 1.07 bits per heavy atom. The molecule has 0 atom stereocenters. The van der Waals surface area contributed by atoms with Crippen molar-refractivity contribution >= 4 is 28.2 Å². The molecule has 0 saturated carbocycles. The second-order valence-corrected chi connectivity index (χ2v) is 12.4. The van der Waals surface area contributed by atoms with Crippen LogP contribution in [-0.4, -0.2) is 33.7 Å². The van der Waals surface area contributed by atoms with Crippen molar-refractivity contribution in [3.05, 3.63) is 99.5 Å². The summed E-state index contributed by atoms with van der Waals surface area (Å²) in [5, 5.41) is 12.4. The lowest BCUT2D eigenvalue weighted by Crippen LogP contribution is -2.34. The van der Waals surface area contributed by atoms with Crippen molar-refractivity contribution in [2.75, 3.05) is 13.1 Å². The van der Waals surface area contributed by atoms with Crippen LogP contribution in [0.5, 0.6) is 5.75 Å². The Morgan fingerprint density at radius 2 is 1.77 bits per heavy atom. The molecule has 40 heavy (non-hydrogen) atoms. The number of thioether (sulfide) groups is 1. The van der Waals surface area contributed by atoms with Gasteiger partial charge in [0.15, 0.2) is 0 Å². The van der Waals surface area contributed by atoms with Crippen LogP contribution < -0.4 is 0 Å². The second kappa shape index (κ2) is 11.8. The lowest BCUT2D eigenvalue weighted by Gasteiger charge is -2.30. The number of phenols is 1. The first kappa shape index (κ1) is 27.2. The van der Waals surface area contributed by atoms with Gasteiger partial charge in [0.05, 0.1) is 1.37 Å². The van der Waals surface area contributed by atoms with E-state index in [9.17, 15) is 10.9 Å². The molecule has 210 valence electrons. The van der Waals surface area contributed by atoms with Crippen LogP contribution >= 0.6 is 11.8 Å². The molecule has 1 N–H and O–H groups in total. The molecule has 2 heterocycles. The highest BCUT2D eigenvalue weighted by Gasteiger charge is 2.22. The first-order chi connectivity index (χ1) is 19.6. The Balaban J connectivity index is 1.66. The van der Waals surface area contributed by atoms with E-state index >= 15 is 0 Å². The average molecular weight is 558 g/mol. The molecule has 3 aromatic carbocycles. The van der Waals surface area contributed by atoms with E-state index in [2.05, 4.69) is 75.3 Å². The third-order valence-electron chi connectivity index (χ3n) is 8.15. The Bertz CT molecular complexity index is 1600. The minimum Gasteiger partial charge on any atom is -0.507 e. The van der Waals surface area contributed by atoms with E-state index in [0.29, 0.717) is 36.6 Å². The van der Waals surface area contributed by atoms with Gasteiger partial charge in [-0.05, 0) is 94.0 Å². The molecule has 0 bridgehead atoms. The standard InChI is InChI=1S/C35H41FN2OS/c1-7-30-32-18-29(21-40-35-24(5)16-23(4)17-25(35)6)38(20-26-8-10-28(36)11-9-26)33(32)19-31(34(30)39)27-12-14-37(15-13-27)22(2)3/h8-12,16-19,22,39H,7,13-15,20-21H2,1-6H3/i18D. The van der Waals surface area contributed by atoms with Crippen LogP contribution in [0.15, 0.2) is 59.5 Å². The molecule has 0 amide bonds. The molecular formula is C35H41FN2OS. The minimum atomic E-state index is -0.256. The molecule has 4 aromatic rings. The summed E-state index contributed by atoms with van der Waals surface area (Å²) in [5.41, 5.74) is 9.48. The van der Waals surface area contributed by atoms with Gasteiger partial charge in [-0.15, -0.1) is 11.8 Å². The predicted octanol–water partition coefficient (Wildman–Crippen LogP) is 8.81. The molecule has 5 rings (SSSR count). The number of nitrogens with zero attached hydrogens (tertiary/aromatic N) is 2. The topological polar surface area (TPSA) is 28.4 Å². The van der Waals surface area contributed by atoms with E-state index in [4.69, 9.17) is 0 Å². The van der Waals surface area contributed by atoms with E-state index in [1.807, 2.05) is 12.1 Å². The van der Waals surface area contributed by atoms with Gasteiger partial charge in [-0.3, -0.25) is 4.90 Å². The summed E-state index contributed by atoms with van der Waals surface area (Å²) < 4.78 is 25.4. The maximum absolute atomic E-state index is 13.8. The smallest absolute Gasteiger partial charge is 0.126 e. The quantitative estimate of drug-likeness (QED) is 0.219. The molecule has 0 spiro atoms. The monoisotopic (exact) mass is 557 g/mol. The number of aromatic nitrogens is 1. The van der Waals surface area contributed by atoms with Gasteiger partial charge < -0.3 is 9.67 Å². The van der Waals surface area contributed by atoms with Crippen molar-refractivity contribution in [2.24, 2.45) is 0 Å². The zero-order valence-electron chi connectivity index (χ0n) is 25.6. The van der Waals surface area contributed by atoms with Gasteiger partial charge in [-0.2, -0.15) is 0 Å². The van der Waals surface area contributed by atoms with Crippen molar-refractivity contribution in [3.63, 3.8) is 0 Å². The molecule has 1 aliphatic heterocycles. The number of rotatable bonds is 8. The number of fused-ring (bicyclic) bond motifs is 1. The molecule has 3 nitrogen and oxygen atoms in total. The van der Waals surface area contributed by atoms with Crippen molar-refractivity contribution in [2.45, 2.75) is 77.6 Å². The van der Waals surface area contributed by atoms with E-state index < -0.39 is 0 Å². The maximum Gasteiger partial charge on any atom is 0.126 e. The van der Waals surface area contributed by atoms with Gasteiger partial charge in [0, 0.05) is 64.0 Å². The Hall–Kier alpha value is -3.02. The maximum atomic E-state index is 13.8. The molecule has 5 heteroatoms. The van der Waals surface area contributed by atoms with Crippen LogP contribution in [0.25, 0.3) is 16.5 Å². The zero-order chi connectivity index (χ0) is 29.4. The Labute approximate surface area is 244 Å². The van der Waals surface area contributed by atoms with Gasteiger partial charge in [0.1, 0.15) is 11.6 Å². The predicted molar refractivity (Wildman–Crippen MR) is 168 cm³/mol. The van der Waals surface area contributed by atoms with Crippen LogP contribution in [0.4, 0.5) is 4.39 Å². The van der Waals surface area contributed by atoms with E-state index in [1.165, 1.54) is 39.3 Å². The summed E-state index contributed by atoms with van der Waals surface area (Å²) in [7, 11) is 0. The van der Waals surface area contributed by atoms with Gasteiger partial charge in [-0.25, -0.2) is 4.39 Å². The lowest BCUT2D eigenvalue weighted by molar-refractivity contribution is 0.245. The Kier molecular flexibility index (Phi) is 8.04. The van der Waals surface area contributed by atoms with Crippen molar-refractivity contribution in [3.8, 4) is 5.75 Å². The summed E-state index contributed by atoms with van der Waals surface area (Å²) in [6.45, 7) is 15.3. The molecule has 1 aliphatic rings. The van der Waals surface area contributed by atoms with E-state index in [-0.39, 0.29) is 5.82 Å². The van der Waals surface area contributed by atoms with Crippen LogP contribution in [0, 0.1) is 26.6 Å². The highest BCUT2D eigenvalue weighted by Crippen LogP contribution is 2.40. The third kappa shape index (κ3) is 5.73. The van der Waals surface area contributed by atoms with Gasteiger partial charge in [0.25, 0.3) is 0 Å². The van der Waals surface area contributed by atoms with Crippen LogP contribution in [0.3, 0.4) is 0 Å². The fraction of sp³-hybridized carbons (Fsp3) is 0.371. The molecule has 0 unspecified atom stereocenters. The first-order valence-electron chi connectivity index (χ1n) is 14.8. The number of halogens is 1. The van der Waals surface area contributed by atoms with Crippen LogP contribution in [0.2, 0.25) is 0 Å². The highest BCUT2D eigenvalue weighted by atomic mass is 32.2. The van der Waals surface area contributed by atoms with Gasteiger partial charge >= 0.3 is 0 Å². The van der Waals surface area contributed by atoms with Gasteiger partial charge in [-0.1, -0.05) is 42.8 Å². The summed E-state index contributed by atoms with van der Waals surface area (Å²) in [5.74, 6) is 0.680. The number of phenolic OH excluding ortho intramolecular Hbond substituents is 1. The SMILES string of the molecule is [2H]c1c(CSc2c(C)cc(C)cc2C)n(Cc2ccc(F)cc2)c2cc(C3=CCN(C(C)C)CC3)c(O)c(CC)c12. The van der Waals surface area contributed by atoms with Crippen LogP contribution in [0.1, 0.15) is 67.6 Å². The zero-order valence-corrected chi connectivity index (χ0v) is 25.4. The molecule has 1 aromatic heterocycles. The number of benzene rings is 3. The highest BCUT2D eigenvalue weighted by molar-refractivity contribution is 7.98. The number of hydrogen-bond donors (Lipinski definition) is 1. The molecule has 0 fully saturated rings. The fourth-order valence-electron chi connectivity index (χ4n) is 6.01. The Morgan fingerprint density at radius 3 is 2.38 bits per heavy atom. The lowest BCUT2D eigenvalue weighted by atomic mass is 9.93. The third-order valence-corrected chi connectivity index (χ3v) is 9.50. The number of aryl methyl sites for hydroxylation is 4. The second-order valence-electron chi connectivity index (χ2n) is 11.4. The van der Waals surface area contributed by atoms with Gasteiger partial charge in [0.2, 0.25) is 0 Å². The van der Waals surface area contributed by atoms with Crippen molar-refractivity contribution in [1.82, 2.24) is 9.47 Å². The van der Waals surface area contributed by atoms with Crippen LogP contribution in [-0.2, 0) is 18.7 Å². The molecular weight excluding hydrogens is 515 g/mol. The summed E-state index contributed by atoms with van der Waals surface area (Å²) in [4.78, 5) is 3.68. The summed E-state index contributed by atoms with van der Waals surface area (Å²) in [6.07, 6.45) is 3.76. The number of hydrogen-bond acceptors (Lipinski definition) is 3. The first-order valence-corrected chi connectivity index (χ1v) is 15.3.